The van der Waals surface area contributed by atoms with E-state index in [0.717, 1.165) is 12.8 Å². The number of hydrogen-bond acceptors (Lipinski definition) is 3. The lowest BCUT2D eigenvalue weighted by molar-refractivity contribution is -0.124. The van der Waals surface area contributed by atoms with Crippen molar-refractivity contribution in [2.24, 2.45) is 5.73 Å². The van der Waals surface area contributed by atoms with Crippen LogP contribution in [0.3, 0.4) is 0 Å². The van der Waals surface area contributed by atoms with E-state index in [4.69, 9.17) is 10.5 Å². The van der Waals surface area contributed by atoms with Crippen molar-refractivity contribution in [3.63, 3.8) is 0 Å². The number of rotatable bonds is 8. The largest absolute Gasteiger partial charge is 0.378 e. The standard InChI is InChI=1S/C12H26N2O2/c1-5-12(6-2,9-13)14-11(15)7-8-16-10(3)4/h10H,5-9,13H2,1-4H3,(H,14,15). The monoisotopic (exact) mass is 230 g/mol. The molecule has 4 nitrogen and oxygen atoms in total. The normalized spacial score (nSPS) is 11.9. The third-order valence-electron chi connectivity index (χ3n) is 2.93. The van der Waals surface area contributed by atoms with Crippen LogP contribution in [0, 0.1) is 0 Å². The molecule has 96 valence electrons. The summed E-state index contributed by atoms with van der Waals surface area (Å²) in [4.78, 5) is 11.7. The fourth-order valence-corrected chi connectivity index (χ4v) is 1.51. The molecule has 4 heteroatoms. The van der Waals surface area contributed by atoms with Crippen molar-refractivity contribution in [1.29, 1.82) is 0 Å². The second kappa shape index (κ2) is 7.63. The van der Waals surface area contributed by atoms with Gasteiger partial charge in [-0.05, 0) is 26.7 Å². The Balaban J connectivity index is 4.01. The summed E-state index contributed by atoms with van der Waals surface area (Å²) in [5.74, 6) is 0.0230. The van der Waals surface area contributed by atoms with Gasteiger partial charge in [0.15, 0.2) is 0 Å². The Kier molecular flexibility index (Phi) is 7.34. The number of nitrogens with two attached hydrogens (primary N) is 1. The molecule has 0 spiro atoms. The van der Waals surface area contributed by atoms with E-state index in [1.807, 2.05) is 27.7 Å². The van der Waals surface area contributed by atoms with Gasteiger partial charge >= 0.3 is 0 Å². The predicted molar refractivity (Wildman–Crippen MR) is 66.2 cm³/mol. The maximum atomic E-state index is 11.7. The maximum absolute atomic E-state index is 11.7. The van der Waals surface area contributed by atoms with E-state index in [0.29, 0.717) is 19.6 Å². The maximum Gasteiger partial charge on any atom is 0.222 e. The van der Waals surface area contributed by atoms with Crippen molar-refractivity contribution in [2.45, 2.75) is 58.6 Å². The minimum Gasteiger partial charge on any atom is -0.378 e. The predicted octanol–water partition coefficient (Wildman–Crippen LogP) is 1.44. The molecule has 0 aromatic heterocycles. The van der Waals surface area contributed by atoms with E-state index < -0.39 is 0 Å². The fourth-order valence-electron chi connectivity index (χ4n) is 1.51. The third-order valence-corrected chi connectivity index (χ3v) is 2.93. The van der Waals surface area contributed by atoms with E-state index >= 15 is 0 Å². The first kappa shape index (κ1) is 15.4. The van der Waals surface area contributed by atoms with Crippen molar-refractivity contribution in [2.75, 3.05) is 13.2 Å². The number of nitrogens with one attached hydrogen (secondary N) is 1. The Hall–Kier alpha value is -0.610. The lowest BCUT2D eigenvalue weighted by Crippen LogP contribution is -2.53. The van der Waals surface area contributed by atoms with Crippen LogP contribution in [0.2, 0.25) is 0 Å². The van der Waals surface area contributed by atoms with E-state index in [-0.39, 0.29) is 17.6 Å². The van der Waals surface area contributed by atoms with Gasteiger partial charge in [-0.2, -0.15) is 0 Å². The molecule has 0 saturated carbocycles. The first-order valence-corrected chi connectivity index (χ1v) is 6.12. The van der Waals surface area contributed by atoms with Gasteiger partial charge in [-0.3, -0.25) is 4.79 Å². The summed E-state index contributed by atoms with van der Waals surface area (Å²) >= 11 is 0. The molecule has 1 amide bonds. The van der Waals surface area contributed by atoms with E-state index in [1.54, 1.807) is 0 Å². The molecule has 0 bridgehead atoms. The summed E-state index contributed by atoms with van der Waals surface area (Å²) in [7, 11) is 0. The summed E-state index contributed by atoms with van der Waals surface area (Å²) in [6.07, 6.45) is 2.29. The zero-order valence-corrected chi connectivity index (χ0v) is 11.0. The Morgan fingerprint density at radius 2 is 1.94 bits per heavy atom. The molecule has 0 aliphatic carbocycles. The second-order valence-corrected chi connectivity index (χ2v) is 4.41. The number of ether oxygens (including phenoxy) is 1. The van der Waals surface area contributed by atoms with Gasteiger partial charge < -0.3 is 15.8 Å². The molecule has 0 heterocycles. The van der Waals surface area contributed by atoms with Gasteiger partial charge in [0.05, 0.1) is 18.2 Å². The average molecular weight is 230 g/mol. The minimum atomic E-state index is -0.241. The summed E-state index contributed by atoms with van der Waals surface area (Å²) < 4.78 is 5.34. The molecule has 16 heavy (non-hydrogen) atoms. The fraction of sp³-hybridized carbons (Fsp3) is 0.917. The van der Waals surface area contributed by atoms with Gasteiger partial charge in [0.25, 0.3) is 0 Å². The molecule has 0 aromatic carbocycles. The van der Waals surface area contributed by atoms with Crippen LogP contribution in [0.25, 0.3) is 0 Å². The molecular weight excluding hydrogens is 204 g/mol. The molecule has 0 aliphatic rings. The molecule has 0 saturated heterocycles. The van der Waals surface area contributed by atoms with Crippen LogP contribution in [0.1, 0.15) is 47.0 Å². The molecular formula is C12H26N2O2. The van der Waals surface area contributed by atoms with E-state index in [1.165, 1.54) is 0 Å². The highest BCUT2D eigenvalue weighted by Crippen LogP contribution is 2.13. The van der Waals surface area contributed by atoms with Crippen LogP contribution >= 0.6 is 0 Å². The highest BCUT2D eigenvalue weighted by molar-refractivity contribution is 5.76. The molecule has 3 N–H and O–H groups in total. The molecule has 0 rings (SSSR count). The minimum absolute atomic E-state index is 0.0230. The Labute approximate surface area is 98.9 Å². The first-order valence-electron chi connectivity index (χ1n) is 6.12. The third kappa shape index (κ3) is 5.47. The van der Waals surface area contributed by atoms with Crippen LogP contribution in [-0.4, -0.2) is 30.7 Å². The lowest BCUT2D eigenvalue weighted by Gasteiger charge is -2.31. The molecule has 0 unspecified atom stereocenters. The number of carbonyl (C=O) groups excluding carboxylic acids is 1. The number of amides is 1. The van der Waals surface area contributed by atoms with Crippen LogP contribution in [-0.2, 0) is 9.53 Å². The summed E-state index contributed by atoms with van der Waals surface area (Å²) in [6.45, 7) is 8.96. The van der Waals surface area contributed by atoms with Crippen molar-refractivity contribution < 1.29 is 9.53 Å². The van der Waals surface area contributed by atoms with Gasteiger partial charge in [-0.25, -0.2) is 0 Å². The van der Waals surface area contributed by atoms with Crippen molar-refractivity contribution in [1.82, 2.24) is 5.32 Å². The first-order chi connectivity index (χ1) is 7.49. The summed E-state index contributed by atoms with van der Waals surface area (Å²) in [5, 5.41) is 3.01. The second-order valence-electron chi connectivity index (χ2n) is 4.41. The molecule has 0 radical (unpaired) electrons. The van der Waals surface area contributed by atoms with Gasteiger partial charge in [0.2, 0.25) is 5.91 Å². The van der Waals surface area contributed by atoms with Crippen molar-refractivity contribution >= 4 is 5.91 Å². The van der Waals surface area contributed by atoms with Crippen molar-refractivity contribution in [3.05, 3.63) is 0 Å². The van der Waals surface area contributed by atoms with E-state index in [9.17, 15) is 4.79 Å². The number of carbonyl (C=O) groups is 1. The Morgan fingerprint density at radius 1 is 1.38 bits per heavy atom. The molecule has 0 atom stereocenters. The zero-order valence-electron chi connectivity index (χ0n) is 11.0. The smallest absolute Gasteiger partial charge is 0.222 e. The van der Waals surface area contributed by atoms with Crippen molar-refractivity contribution in [3.8, 4) is 0 Å². The molecule has 0 aromatic rings. The topological polar surface area (TPSA) is 64.3 Å². The highest BCUT2D eigenvalue weighted by Gasteiger charge is 2.25. The molecule has 0 aliphatic heterocycles. The Bertz CT molecular complexity index is 193. The summed E-state index contributed by atoms with van der Waals surface area (Å²) in [6, 6.07) is 0. The van der Waals surface area contributed by atoms with Gasteiger partial charge in [-0.15, -0.1) is 0 Å². The SMILES string of the molecule is CCC(CC)(CN)NC(=O)CCOC(C)C. The molecule has 0 fully saturated rings. The lowest BCUT2D eigenvalue weighted by atomic mass is 9.93. The van der Waals surface area contributed by atoms with Crippen LogP contribution < -0.4 is 11.1 Å². The quantitative estimate of drug-likeness (QED) is 0.663. The number of hydrogen-bond donors (Lipinski definition) is 2. The summed E-state index contributed by atoms with van der Waals surface area (Å²) in [5.41, 5.74) is 5.47. The van der Waals surface area contributed by atoms with Gasteiger partial charge in [-0.1, -0.05) is 13.8 Å². The highest BCUT2D eigenvalue weighted by atomic mass is 16.5. The van der Waals surface area contributed by atoms with Crippen LogP contribution in [0.4, 0.5) is 0 Å². The van der Waals surface area contributed by atoms with Crippen LogP contribution in [0.15, 0.2) is 0 Å². The van der Waals surface area contributed by atoms with E-state index in [2.05, 4.69) is 5.32 Å². The zero-order chi connectivity index (χ0) is 12.6. The van der Waals surface area contributed by atoms with Gasteiger partial charge in [0.1, 0.15) is 0 Å². The van der Waals surface area contributed by atoms with Gasteiger partial charge in [0, 0.05) is 13.0 Å². The Morgan fingerprint density at radius 3 is 2.31 bits per heavy atom. The average Bonchev–Trinajstić information content (AvgIpc) is 2.25. The van der Waals surface area contributed by atoms with Crippen LogP contribution in [0.5, 0.6) is 0 Å².